The van der Waals surface area contributed by atoms with Crippen LogP contribution in [0.5, 0.6) is 0 Å². The molecule has 3 heterocycles. The minimum Gasteiger partial charge on any atom is -0.372 e. The number of carbonyl (C=O) groups is 2. The van der Waals surface area contributed by atoms with Crippen molar-refractivity contribution in [2.75, 3.05) is 22.9 Å². The molecule has 0 spiro atoms. The fraction of sp³-hybridized carbons (Fsp3) is 0.409. The molecular formula is C22H26N4O2. The minimum atomic E-state index is -0.897. The number of benzene rings is 1. The SMILES string of the molecule is CC1(C)C(=O)N(c2ccc(N3CCCCC3)cc2)C(=O)N1Cc1ccncc1. The van der Waals surface area contributed by atoms with Gasteiger partial charge in [-0.3, -0.25) is 9.78 Å². The van der Waals surface area contributed by atoms with E-state index in [1.54, 1.807) is 31.1 Å². The van der Waals surface area contributed by atoms with Crippen LogP contribution in [-0.4, -0.2) is 40.5 Å². The molecule has 1 aromatic heterocycles. The smallest absolute Gasteiger partial charge is 0.332 e. The van der Waals surface area contributed by atoms with Gasteiger partial charge in [-0.25, -0.2) is 9.69 Å². The van der Waals surface area contributed by atoms with E-state index in [4.69, 9.17) is 0 Å². The number of urea groups is 1. The van der Waals surface area contributed by atoms with Crippen LogP contribution >= 0.6 is 0 Å². The van der Waals surface area contributed by atoms with Crippen LogP contribution in [0.15, 0.2) is 48.8 Å². The highest BCUT2D eigenvalue weighted by atomic mass is 16.2. The van der Waals surface area contributed by atoms with Gasteiger partial charge in [0.15, 0.2) is 0 Å². The van der Waals surface area contributed by atoms with Crippen molar-refractivity contribution in [2.24, 2.45) is 0 Å². The lowest BCUT2D eigenvalue weighted by atomic mass is 10.0. The highest BCUT2D eigenvalue weighted by molar-refractivity contribution is 6.22. The van der Waals surface area contributed by atoms with Crippen LogP contribution in [-0.2, 0) is 11.3 Å². The third-order valence-corrected chi connectivity index (χ3v) is 5.74. The number of pyridine rings is 1. The van der Waals surface area contributed by atoms with Crippen molar-refractivity contribution in [3.05, 3.63) is 54.4 Å². The van der Waals surface area contributed by atoms with Gasteiger partial charge in [-0.2, -0.15) is 0 Å². The lowest BCUT2D eigenvalue weighted by Crippen LogP contribution is -2.43. The summed E-state index contributed by atoms with van der Waals surface area (Å²) in [4.78, 5) is 35.5. The molecule has 1 aromatic carbocycles. The molecule has 4 rings (SSSR count). The van der Waals surface area contributed by atoms with Crippen LogP contribution in [0.3, 0.4) is 0 Å². The molecule has 2 aliphatic rings. The van der Waals surface area contributed by atoms with E-state index in [1.807, 2.05) is 36.4 Å². The third kappa shape index (κ3) is 3.23. The first-order chi connectivity index (χ1) is 13.5. The Morgan fingerprint density at radius 1 is 0.893 bits per heavy atom. The van der Waals surface area contributed by atoms with Crippen LogP contribution < -0.4 is 9.80 Å². The van der Waals surface area contributed by atoms with Crippen molar-refractivity contribution < 1.29 is 9.59 Å². The second-order valence-corrected chi connectivity index (χ2v) is 7.99. The number of imide groups is 1. The molecule has 0 radical (unpaired) electrons. The summed E-state index contributed by atoms with van der Waals surface area (Å²) in [5, 5.41) is 0. The Kier molecular flexibility index (Phi) is 4.79. The van der Waals surface area contributed by atoms with Crippen molar-refractivity contribution in [2.45, 2.75) is 45.2 Å². The maximum atomic E-state index is 13.1. The predicted octanol–water partition coefficient (Wildman–Crippen LogP) is 3.82. The molecule has 0 bridgehead atoms. The summed E-state index contributed by atoms with van der Waals surface area (Å²) in [7, 11) is 0. The molecule has 0 unspecified atom stereocenters. The molecule has 0 N–H and O–H groups in total. The van der Waals surface area contributed by atoms with Crippen LogP contribution in [0.4, 0.5) is 16.2 Å². The van der Waals surface area contributed by atoms with Crippen molar-refractivity contribution >= 4 is 23.3 Å². The number of piperidine rings is 1. The number of hydrogen-bond acceptors (Lipinski definition) is 4. The zero-order valence-corrected chi connectivity index (χ0v) is 16.5. The summed E-state index contributed by atoms with van der Waals surface area (Å²) < 4.78 is 0. The molecular weight excluding hydrogens is 352 g/mol. The highest BCUT2D eigenvalue weighted by Gasteiger charge is 2.51. The van der Waals surface area contributed by atoms with Crippen molar-refractivity contribution in [3.63, 3.8) is 0 Å². The quantitative estimate of drug-likeness (QED) is 0.759. The zero-order valence-electron chi connectivity index (χ0n) is 16.5. The topological polar surface area (TPSA) is 56.8 Å². The molecule has 2 aromatic rings. The summed E-state index contributed by atoms with van der Waals surface area (Å²) in [6.45, 7) is 6.11. The van der Waals surface area contributed by atoms with E-state index in [2.05, 4.69) is 9.88 Å². The molecule has 2 aliphatic heterocycles. The lowest BCUT2D eigenvalue weighted by molar-refractivity contribution is -0.123. The second kappa shape index (κ2) is 7.26. The van der Waals surface area contributed by atoms with Gasteiger partial charge >= 0.3 is 6.03 Å². The van der Waals surface area contributed by atoms with Gasteiger partial charge in [0.1, 0.15) is 5.54 Å². The molecule has 6 nitrogen and oxygen atoms in total. The van der Waals surface area contributed by atoms with Crippen LogP contribution in [0.25, 0.3) is 0 Å². The van der Waals surface area contributed by atoms with Gasteiger partial charge in [0.05, 0.1) is 5.69 Å². The number of amides is 3. The van der Waals surface area contributed by atoms with Gasteiger partial charge in [0.2, 0.25) is 0 Å². The molecule has 6 heteroatoms. The Morgan fingerprint density at radius 3 is 2.14 bits per heavy atom. The fourth-order valence-electron chi connectivity index (χ4n) is 3.96. The zero-order chi connectivity index (χ0) is 19.7. The molecule has 0 aliphatic carbocycles. The number of rotatable bonds is 4. The van der Waals surface area contributed by atoms with Gasteiger partial charge in [-0.15, -0.1) is 0 Å². The Morgan fingerprint density at radius 2 is 1.50 bits per heavy atom. The summed E-state index contributed by atoms with van der Waals surface area (Å²) in [6.07, 6.45) is 7.10. The number of anilines is 2. The molecule has 28 heavy (non-hydrogen) atoms. The summed E-state index contributed by atoms with van der Waals surface area (Å²) in [5.41, 5.74) is 1.83. The van der Waals surface area contributed by atoms with E-state index in [0.29, 0.717) is 12.2 Å². The van der Waals surface area contributed by atoms with Crippen LogP contribution in [0, 0.1) is 0 Å². The Hall–Kier alpha value is -2.89. The first-order valence-corrected chi connectivity index (χ1v) is 9.88. The molecule has 0 saturated carbocycles. The highest BCUT2D eigenvalue weighted by Crippen LogP contribution is 2.34. The predicted molar refractivity (Wildman–Crippen MR) is 109 cm³/mol. The van der Waals surface area contributed by atoms with Gasteiger partial charge in [0.25, 0.3) is 5.91 Å². The van der Waals surface area contributed by atoms with Crippen molar-refractivity contribution in [3.8, 4) is 0 Å². The van der Waals surface area contributed by atoms with Crippen LogP contribution in [0.2, 0.25) is 0 Å². The Balaban J connectivity index is 1.57. The Labute approximate surface area is 165 Å². The van der Waals surface area contributed by atoms with E-state index in [-0.39, 0.29) is 11.9 Å². The molecule has 146 valence electrons. The lowest BCUT2D eigenvalue weighted by Gasteiger charge is -2.29. The molecule has 3 amide bonds. The number of nitrogens with zero attached hydrogens (tertiary/aromatic N) is 4. The first kappa shape index (κ1) is 18.5. The minimum absolute atomic E-state index is 0.197. The maximum Gasteiger partial charge on any atom is 0.332 e. The van der Waals surface area contributed by atoms with E-state index < -0.39 is 5.54 Å². The average Bonchev–Trinajstić information content (AvgIpc) is 2.89. The van der Waals surface area contributed by atoms with E-state index >= 15 is 0 Å². The number of hydrogen-bond donors (Lipinski definition) is 0. The summed E-state index contributed by atoms with van der Waals surface area (Å²) >= 11 is 0. The number of aromatic nitrogens is 1. The standard InChI is InChI=1S/C22H26N4O2/c1-22(2)20(27)26(21(28)25(22)16-17-10-12-23-13-11-17)19-8-6-18(7-9-19)24-14-4-3-5-15-24/h6-13H,3-5,14-16H2,1-2H3. The number of carbonyl (C=O) groups excluding carboxylic acids is 2. The van der Waals surface area contributed by atoms with Gasteiger partial charge in [0, 0.05) is 37.7 Å². The average molecular weight is 378 g/mol. The van der Waals surface area contributed by atoms with E-state index in [1.165, 1.54) is 24.2 Å². The van der Waals surface area contributed by atoms with Gasteiger partial charge in [-0.05, 0) is 75.1 Å². The second-order valence-electron chi connectivity index (χ2n) is 7.99. The fourth-order valence-corrected chi connectivity index (χ4v) is 3.96. The molecule has 2 fully saturated rings. The van der Waals surface area contributed by atoms with Crippen LogP contribution in [0.1, 0.15) is 38.7 Å². The summed E-state index contributed by atoms with van der Waals surface area (Å²) in [6, 6.07) is 11.2. The Bertz CT molecular complexity index is 858. The first-order valence-electron chi connectivity index (χ1n) is 9.88. The normalized spacial score (nSPS) is 19.4. The summed E-state index contributed by atoms with van der Waals surface area (Å²) in [5.74, 6) is -0.197. The largest absolute Gasteiger partial charge is 0.372 e. The maximum absolute atomic E-state index is 13.1. The monoisotopic (exact) mass is 378 g/mol. The van der Waals surface area contributed by atoms with E-state index in [0.717, 1.165) is 24.3 Å². The van der Waals surface area contributed by atoms with Crippen molar-refractivity contribution in [1.29, 1.82) is 0 Å². The molecule has 2 saturated heterocycles. The van der Waals surface area contributed by atoms with Gasteiger partial charge < -0.3 is 9.80 Å². The van der Waals surface area contributed by atoms with E-state index in [9.17, 15) is 9.59 Å². The van der Waals surface area contributed by atoms with Crippen molar-refractivity contribution in [1.82, 2.24) is 9.88 Å². The van der Waals surface area contributed by atoms with Gasteiger partial charge in [-0.1, -0.05) is 0 Å². The molecule has 0 atom stereocenters. The third-order valence-electron chi connectivity index (χ3n) is 5.74.